The van der Waals surface area contributed by atoms with E-state index >= 15 is 0 Å². The molecule has 0 atom stereocenters. The van der Waals surface area contributed by atoms with E-state index in [-0.39, 0.29) is 5.75 Å². The molecule has 0 radical (unpaired) electrons. The van der Waals surface area contributed by atoms with Crippen LogP contribution in [0.3, 0.4) is 0 Å². The van der Waals surface area contributed by atoms with Gasteiger partial charge in [0, 0.05) is 6.54 Å². The summed E-state index contributed by atoms with van der Waals surface area (Å²) in [6.07, 6.45) is 0. The number of hydrogen-bond acceptors (Lipinski definition) is 4. The van der Waals surface area contributed by atoms with Crippen LogP contribution in [0, 0.1) is 5.92 Å². The van der Waals surface area contributed by atoms with Crippen molar-refractivity contribution in [1.29, 1.82) is 0 Å². The Kier molecular flexibility index (Phi) is 8.34. The molecule has 1 aromatic rings. The maximum absolute atomic E-state index is 12.2. The van der Waals surface area contributed by atoms with Crippen LogP contribution < -0.4 is 9.50 Å². The van der Waals surface area contributed by atoms with Gasteiger partial charge in [0.2, 0.25) is 0 Å². The monoisotopic (exact) mass is 291 g/mol. The summed E-state index contributed by atoms with van der Waals surface area (Å²) < 4.78 is 36.8. The van der Waals surface area contributed by atoms with Crippen molar-refractivity contribution in [3.05, 3.63) is 29.8 Å². The largest absolute Gasteiger partial charge is 0.488 e. The van der Waals surface area contributed by atoms with Crippen LogP contribution in [0.25, 0.3) is 0 Å². The number of nitrogens with one attached hydrogen (secondary N) is 1. The van der Waals surface area contributed by atoms with Crippen LogP contribution >= 0.6 is 0 Å². The van der Waals surface area contributed by atoms with Gasteiger partial charge in [0.25, 0.3) is 0 Å². The molecule has 1 rings (SSSR count). The average Bonchev–Trinajstić information content (AvgIpc) is 2.32. The maximum Gasteiger partial charge on any atom is 0.488 e. The van der Waals surface area contributed by atoms with Gasteiger partial charge in [-0.2, -0.15) is 8.42 Å². The average molecular weight is 291 g/mol. The van der Waals surface area contributed by atoms with E-state index in [1.807, 2.05) is 13.8 Å². The number of benzene rings is 1. The van der Waals surface area contributed by atoms with Crippen molar-refractivity contribution in [2.45, 2.75) is 34.2 Å². The molecule has 0 bridgehead atoms. The van der Waals surface area contributed by atoms with Gasteiger partial charge in [-0.1, -0.05) is 43.7 Å². The van der Waals surface area contributed by atoms with Crippen molar-refractivity contribution in [2.24, 2.45) is 5.92 Å². The first-order valence-electron chi connectivity index (χ1n) is 6.30. The second kappa shape index (κ2) is 8.87. The lowest BCUT2D eigenvalue weighted by Gasteiger charge is -2.07. The molecular weight excluding hydrogens is 269 g/mol. The van der Waals surface area contributed by atoms with Crippen LogP contribution in [0.4, 0.5) is 3.89 Å². The minimum atomic E-state index is -4.93. The van der Waals surface area contributed by atoms with E-state index in [1.165, 1.54) is 12.1 Å². The van der Waals surface area contributed by atoms with E-state index in [9.17, 15) is 12.3 Å². The number of halogens is 1. The Hall–Kier alpha value is -1.14. The molecule has 0 amide bonds. The predicted octanol–water partition coefficient (Wildman–Crippen LogP) is 3.05. The highest BCUT2D eigenvalue weighted by Gasteiger charge is 2.08. The Balaban J connectivity index is 0.00000154. The first-order chi connectivity index (χ1) is 8.87. The molecule has 0 saturated heterocycles. The first-order valence-corrected chi connectivity index (χ1v) is 7.61. The number of rotatable bonds is 6. The Morgan fingerprint density at radius 2 is 1.74 bits per heavy atom. The van der Waals surface area contributed by atoms with Gasteiger partial charge >= 0.3 is 10.5 Å². The molecule has 1 aromatic carbocycles. The molecule has 110 valence electrons. The zero-order chi connectivity index (χ0) is 14.9. The third-order valence-corrected chi connectivity index (χ3v) is 2.39. The van der Waals surface area contributed by atoms with E-state index in [0.29, 0.717) is 12.5 Å². The zero-order valence-electron chi connectivity index (χ0n) is 11.8. The lowest BCUT2D eigenvalue weighted by molar-refractivity contribution is 0.440. The van der Waals surface area contributed by atoms with Crippen molar-refractivity contribution in [3.8, 4) is 5.75 Å². The van der Waals surface area contributed by atoms with E-state index in [2.05, 4.69) is 23.3 Å². The quantitative estimate of drug-likeness (QED) is 0.818. The fourth-order valence-corrected chi connectivity index (χ4v) is 1.62. The fourth-order valence-electron chi connectivity index (χ4n) is 1.28. The summed E-state index contributed by atoms with van der Waals surface area (Å²) in [6.45, 7) is 9.80. The van der Waals surface area contributed by atoms with Crippen molar-refractivity contribution in [3.63, 3.8) is 0 Å². The van der Waals surface area contributed by atoms with E-state index < -0.39 is 10.5 Å². The van der Waals surface area contributed by atoms with Crippen molar-refractivity contribution in [1.82, 2.24) is 5.32 Å². The van der Waals surface area contributed by atoms with Crippen LogP contribution in [-0.4, -0.2) is 15.0 Å². The maximum atomic E-state index is 12.2. The van der Waals surface area contributed by atoms with E-state index in [0.717, 1.165) is 12.1 Å². The van der Waals surface area contributed by atoms with Gasteiger partial charge in [0.1, 0.15) is 5.75 Å². The molecule has 0 fully saturated rings. The molecule has 0 aromatic heterocycles. The highest BCUT2D eigenvalue weighted by molar-refractivity contribution is 7.81. The normalized spacial score (nSPS) is 10.8. The lowest BCUT2D eigenvalue weighted by Crippen LogP contribution is -2.18. The van der Waals surface area contributed by atoms with E-state index in [4.69, 9.17) is 0 Å². The molecule has 0 aliphatic heterocycles. The van der Waals surface area contributed by atoms with Gasteiger partial charge in [-0.15, -0.1) is 0 Å². The SMILES string of the molecule is CC.CC(C)CNCc1ccc(OS(=O)(=O)F)cc1. The highest BCUT2D eigenvalue weighted by atomic mass is 32.3. The first kappa shape index (κ1) is 17.9. The molecule has 0 heterocycles. The Bertz CT molecular complexity index is 443. The molecule has 0 saturated carbocycles. The molecule has 0 spiro atoms. The second-order valence-electron chi connectivity index (χ2n) is 4.15. The fraction of sp³-hybridized carbons (Fsp3) is 0.538. The van der Waals surface area contributed by atoms with Gasteiger partial charge in [0.15, 0.2) is 0 Å². The summed E-state index contributed by atoms with van der Waals surface area (Å²) in [7, 11) is -4.93. The third kappa shape index (κ3) is 9.44. The minimum absolute atomic E-state index is 0.0277. The summed E-state index contributed by atoms with van der Waals surface area (Å²) in [4.78, 5) is 0. The van der Waals surface area contributed by atoms with Crippen molar-refractivity contribution in [2.75, 3.05) is 6.54 Å². The Morgan fingerprint density at radius 1 is 1.21 bits per heavy atom. The topological polar surface area (TPSA) is 55.4 Å². The summed E-state index contributed by atoms with van der Waals surface area (Å²) >= 11 is 0. The summed E-state index contributed by atoms with van der Waals surface area (Å²) in [5, 5.41) is 3.24. The minimum Gasteiger partial charge on any atom is -0.358 e. The van der Waals surface area contributed by atoms with Crippen LogP contribution in [0.15, 0.2) is 24.3 Å². The molecule has 4 nitrogen and oxygen atoms in total. The van der Waals surface area contributed by atoms with Gasteiger partial charge in [-0.05, 0) is 30.2 Å². The molecule has 1 N–H and O–H groups in total. The second-order valence-corrected chi connectivity index (χ2v) is 5.10. The predicted molar refractivity (Wildman–Crippen MR) is 75.0 cm³/mol. The third-order valence-electron chi connectivity index (χ3n) is 2.00. The van der Waals surface area contributed by atoms with Crippen LogP contribution in [-0.2, 0) is 17.0 Å². The summed E-state index contributed by atoms with van der Waals surface area (Å²) in [5.74, 6) is 0.536. The van der Waals surface area contributed by atoms with Crippen molar-refractivity contribution < 1.29 is 16.5 Å². The summed E-state index contributed by atoms with van der Waals surface area (Å²) in [6, 6.07) is 6.22. The molecular formula is C13H22FNO3S. The number of hydrogen-bond donors (Lipinski definition) is 1. The molecule has 0 unspecified atom stereocenters. The van der Waals surface area contributed by atoms with Gasteiger partial charge in [-0.25, -0.2) is 0 Å². The molecule has 0 aliphatic rings. The lowest BCUT2D eigenvalue weighted by atomic mass is 10.2. The van der Waals surface area contributed by atoms with Crippen molar-refractivity contribution >= 4 is 10.5 Å². The smallest absolute Gasteiger partial charge is 0.358 e. The molecule has 0 aliphatic carbocycles. The summed E-state index contributed by atoms with van der Waals surface area (Å²) in [5.41, 5.74) is 0.981. The highest BCUT2D eigenvalue weighted by Crippen LogP contribution is 2.14. The van der Waals surface area contributed by atoms with Gasteiger partial charge in [-0.3, -0.25) is 0 Å². The standard InChI is InChI=1S/C11H16FNO3S.C2H6/c1-9(2)7-13-8-10-3-5-11(6-4-10)16-17(12,14)15;1-2/h3-6,9,13H,7-8H2,1-2H3;1-2H3. The van der Waals surface area contributed by atoms with Crippen LogP contribution in [0.5, 0.6) is 5.75 Å². The van der Waals surface area contributed by atoms with Gasteiger partial charge in [0.05, 0.1) is 0 Å². The van der Waals surface area contributed by atoms with Crippen LogP contribution in [0.1, 0.15) is 33.3 Å². The zero-order valence-corrected chi connectivity index (χ0v) is 12.6. The van der Waals surface area contributed by atoms with E-state index in [1.54, 1.807) is 12.1 Å². The molecule has 19 heavy (non-hydrogen) atoms. The Morgan fingerprint density at radius 3 is 2.16 bits per heavy atom. The Labute approximate surface area is 115 Å². The van der Waals surface area contributed by atoms with Gasteiger partial charge < -0.3 is 9.50 Å². The molecule has 6 heteroatoms. The van der Waals surface area contributed by atoms with Crippen LogP contribution in [0.2, 0.25) is 0 Å².